The van der Waals surface area contributed by atoms with Crippen LogP contribution in [0.25, 0.3) is 0 Å². The molecule has 0 aliphatic heterocycles. The molecule has 0 fully saturated rings. The minimum atomic E-state index is 0.604. The number of rotatable bonds is 10. The van der Waals surface area contributed by atoms with Gasteiger partial charge in [0.2, 0.25) is 0 Å². The Labute approximate surface area is 101 Å². The maximum absolute atomic E-state index is 5.56. The van der Waals surface area contributed by atoms with Crippen molar-refractivity contribution in [3.63, 3.8) is 0 Å². The molecule has 0 bridgehead atoms. The highest BCUT2D eigenvalue weighted by Gasteiger charge is 2.05. The molecule has 0 aliphatic rings. The lowest BCUT2D eigenvalue weighted by atomic mass is 10.2. The van der Waals surface area contributed by atoms with Crippen LogP contribution in [0.4, 0.5) is 0 Å². The van der Waals surface area contributed by atoms with Gasteiger partial charge in [0.1, 0.15) is 0 Å². The first kappa shape index (κ1) is 15.6. The molecule has 0 heterocycles. The number of likely N-dealkylation sites (N-methyl/N-ethyl adjacent to an activating group) is 1. The van der Waals surface area contributed by atoms with Crippen molar-refractivity contribution >= 4 is 0 Å². The third kappa shape index (κ3) is 6.99. The van der Waals surface area contributed by atoms with E-state index in [1.807, 2.05) is 0 Å². The monoisotopic (exact) mass is 227 g/mol. The minimum absolute atomic E-state index is 0.604. The Kier molecular flexibility index (Phi) is 9.59. The van der Waals surface area contributed by atoms with Gasteiger partial charge in [-0.25, -0.2) is 0 Å². The predicted octanol–water partition coefficient (Wildman–Crippen LogP) is 1.56. The second-order valence-corrected chi connectivity index (χ2v) is 4.20. The lowest BCUT2D eigenvalue weighted by molar-refractivity contribution is 0.254. The Morgan fingerprint density at radius 3 is 1.94 bits per heavy atom. The summed E-state index contributed by atoms with van der Waals surface area (Å²) < 4.78 is 0. The molecule has 3 heteroatoms. The number of hydrogen-bond acceptors (Lipinski definition) is 3. The summed E-state index contributed by atoms with van der Waals surface area (Å²) in [5.74, 6) is 0. The van der Waals surface area contributed by atoms with E-state index in [4.69, 9.17) is 5.73 Å². The zero-order valence-corrected chi connectivity index (χ0v) is 11.3. The minimum Gasteiger partial charge on any atom is -0.327 e. The van der Waals surface area contributed by atoms with Gasteiger partial charge in [0.25, 0.3) is 0 Å². The average Bonchev–Trinajstić information content (AvgIpc) is 2.32. The lowest BCUT2D eigenvalue weighted by Crippen LogP contribution is -2.32. The van der Waals surface area contributed by atoms with Crippen LogP contribution in [0.5, 0.6) is 0 Å². The van der Waals surface area contributed by atoms with E-state index in [1.165, 1.54) is 13.0 Å². The first-order valence-electron chi connectivity index (χ1n) is 6.49. The van der Waals surface area contributed by atoms with Crippen molar-refractivity contribution in [1.29, 1.82) is 0 Å². The molecular weight excluding hydrogens is 198 g/mol. The summed E-state index contributed by atoms with van der Waals surface area (Å²) in [4.78, 5) is 4.88. The van der Waals surface area contributed by atoms with E-state index in [-0.39, 0.29) is 0 Å². The van der Waals surface area contributed by atoms with Gasteiger partial charge >= 0.3 is 0 Å². The second-order valence-electron chi connectivity index (χ2n) is 4.20. The van der Waals surface area contributed by atoms with Crippen molar-refractivity contribution < 1.29 is 0 Å². The smallest absolute Gasteiger partial charge is 0.0202 e. The Bertz CT molecular complexity index is 176. The third-order valence-corrected chi connectivity index (χ3v) is 3.03. The van der Waals surface area contributed by atoms with Gasteiger partial charge in [-0.2, -0.15) is 0 Å². The molecule has 0 aliphatic carbocycles. The van der Waals surface area contributed by atoms with Crippen molar-refractivity contribution in [2.45, 2.75) is 27.2 Å². The van der Waals surface area contributed by atoms with Gasteiger partial charge in [-0.1, -0.05) is 27.4 Å². The van der Waals surface area contributed by atoms with E-state index in [1.54, 1.807) is 0 Å². The van der Waals surface area contributed by atoms with Crippen LogP contribution in [0.1, 0.15) is 27.2 Å². The fourth-order valence-electron chi connectivity index (χ4n) is 1.79. The number of nitrogens with two attached hydrogens (primary N) is 1. The molecule has 0 radical (unpaired) electrons. The first-order chi connectivity index (χ1) is 7.67. The Morgan fingerprint density at radius 2 is 1.50 bits per heavy atom. The largest absolute Gasteiger partial charge is 0.327 e. The normalized spacial score (nSPS) is 11.4. The van der Waals surface area contributed by atoms with Crippen LogP contribution >= 0.6 is 0 Å². The standard InChI is InChI=1S/C13H29N3/c1-5-15(6-2)9-8-10-16(7-3)12-13(4)11-14/h4-12,14H2,1-3H3. The third-order valence-electron chi connectivity index (χ3n) is 3.03. The van der Waals surface area contributed by atoms with Gasteiger partial charge in [-0.05, 0) is 44.7 Å². The van der Waals surface area contributed by atoms with E-state index in [0.29, 0.717) is 6.54 Å². The van der Waals surface area contributed by atoms with Gasteiger partial charge in [0.05, 0.1) is 0 Å². The van der Waals surface area contributed by atoms with E-state index in [2.05, 4.69) is 37.1 Å². The van der Waals surface area contributed by atoms with Gasteiger partial charge in [-0.3, -0.25) is 4.90 Å². The van der Waals surface area contributed by atoms with Crippen molar-refractivity contribution in [2.75, 3.05) is 45.8 Å². The van der Waals surface area contributed by atoms with Crippen molar-refractivity contribution in [3.8, 4) is 0 Å². The molecular formula is C13H29N3. The summed E-state index contributed by atoms with van der Waals surface area (Å²) >= 11 is 0. The predicted molar refractivity (Wildman–Crippen MR) is 72.7 cm³/mol. The molecule has 0 atom stereocenters. The molecule has 2 N–H and O–H groups in total. The molecule has 0 amide bonds. The summed E-state index contributed by atoms with van der Waals surface area (Å²) in [5, 5.41) is 0. The van der Waals surface area contributed by atoms with Crippen LogP contribution in [0.2, 0.25) is 0 Å². The molecule has 0 aromatic carbocycles. The van der Waals surface area contributed by atoms with Gasteiger partial charge < -0.3 is 10.6 Å². The maximum Gasteiger partial charge on any atom is 0.0202 e. The topological polar surface area (TPSA) is 32.5 Å². The van der Waals surface area contributed by atoms with Gasteiger partial charge in [0.15, 0.2) is 0 Å². The fraction of sp³-hybridized carbons (Fsp3) is 0.846. The molecule has 96 valence electrons. The summed E-state index contributed by atoms with van der Waals surface area (Å²) in [7, 11) is 0. The molecule has 0 aromatic heterocycles. The van der Waals surface area contributed by atoms with Crippen LogP contribution in [0.3, 0.4) is 0 Å². The molecule has 0 unspecified atom stereocenters. The van der Waals surface area contributed by atoms with E-state index in [9.17, 15) is 0 Å². The number of nitrogens with zero attached hydrogens (tertiary/aromatic N) is 2. The van der Waals surface area contributed by atoms with Crippen molar-refractivity contribution in [1.82, 2.24) is 9.80 Å². The van der Waals surface area contributed by atoms with Crippen LogP contribution in [0.15, 0.2) is 12.2 Å². The van der Waals surface area contributed by atoms with Gasteiger partial charge in [0, 0.05) is 13.1 Å². The summed E-state index contributed by atoms with van der Waals surface area (Å²) in [6.45, 7) is 17.9. The zero-order chi connectivity index (χ0) is 12.4. The molecule has 16 heavy (non-hydrogen) atoms. The SMILES string of the molecule is C=C(CN)CN(CC)CCCN(CC)CC. The Hall–Kier alpha value is -0.380. The van der Waals surface area contributed by atoms with Gasteiger partial charge in [-0.15, -0.1) is 0 Å². The molecule has 3 nitrogen and oxygen atoms in total. The van der Waals surface area contributed by atoms with Crippen molar-refractivity contribution in [3.05, 3.63) is 12.2 Å². The quantitative estimate of drug-likeness (QED) is 0.575. The zero-order valence-electron chi connectivity index (χ0n) is 11.3. The van der Waals surface area contributed by atoms with Crippen molar-refractivity contribution in [2.24, 2.45) is 5.73 Å². The van der Waals surface area contributed by atoms with Crippen LogP contribution < -0.4 is 5.73 Å². The Morgan fingerprint density at radius 1 is 1.00 bits per heavy atom. The molecule has 0 spiro atoms. The summed E-state index contributed by atoms with van der Waals surface area (Å²) in [6, 6.07) is 0. The molecule has 0 saturated carbocycles. The lowest BCUT2D eigenvalue weighted by Gasteiger charge is -2.23. The molecule has 0 aromatic rings. The molecule has 0 rings (SSSR count). The van der Waals surface area contributed by atoms with E-state index >= 15 is 0 Å². The Balaban J connectivity index is 3.74. The summed E-state index contributed by atoms with van der Waals surface area (Å²) in [6.07, 6.45) is 1.23. The molecule has 0 saturated heterocycles. The fourth-order valence-corrected chi connectivity index (χ4v) is 1.79. The average molecular weight is 227 g/mol. The first-order valence-corrected chi connectivity index (χ1v) is 6.49. The summed E-state index contributed by atoms with van der Waals surface area (Å²) in [5.41, 5.74) is 6.69. The maximum atomic E-state index is 5.56. The van der Waals surface area contributed by atoms with Crippen LogP contribution in [-0.4, -0.2) is 55.6 Å². The van der Waals surface area contributed by atoms with Crippen LogP contribution in [0, 0.1) is 0 Å². The number of hydrogen-bond donors (Lipinski definition) is 1. The van der Waals surface area contributed by atoms with E-state index < -0.39 is 0 Å². The second kappa shape index (κ2) is 9.82. The highest BCUT2D eigenvalue weighted by molar-refractivity contribution is 4.98. The highest BCUT2D eigenvalue weighted by atomic mass is 15.1. The highest BCUT2D eigenvalue weighted by Crippen LogP contribution is 1.98. The van der Waals surface area contributed by atoms with Crippen LogP contribution in [-0.2, 0) is 0 Å². The van der Waals surface area contributed by atoms with E-state index in [0.717, 1.165) is 38.3 Å².